The Hall–Kier alpha value is -0.120. The lowest BCUT2D eigenvalue weighted by atomic mass is 9.95. The second-order valence-corrected chi connectivity index (χ2v) is 3.66. The molecule has 1 aliphatic rings. The Morgan fingerprint density at radius 2 is 1.83 bits per heavy atom. The molecule has 0 heterocycles. The lowest BCUT2D eigenvalue weighted by Gasteiger charge is -2.26. The van der Waals surface area contributed by atoms with Crippen LogP contribution >= 0.6 is 0 Å². The summed E-state index contributed by atoms with van der Waals surface area (Å²) < 4.78 is 0. The molecule has 0 radical (unpaired) electrons. The first-order chi connectivity index (χ1) is 5.77. The molecular formula is C9H19NO2. The fraction of sp³-hybridized carbons (Fsp3) is 1.00. The molecule has 0 amide bonds. The number of hydroxylamine groups is 1. The summed E-state index contributed by atoms with van der Waals surface area (Å²) in [5.41, 5.74) is 2.21. The van der Waals surface area contributed by atoms with Crippen molar-refractivity contribution in [3.05, 3.63) is 0 Å². The van der Waals surface area contributed by atoms with Crippen molar-refractivity contribution in [1.29, 1.82) is 0 Å². The van der Waals surface area contributed by atoms with E-state index >= 15 is 0 Å². The molecular weight excluding hydrogens is 154 g/mol. The molecule has 1 fully saturated rings. The molecule has 0 aromatic carbocycles. The van der Waals surface area contributed by atoms with Gasteiger partial charge in [0.05, 0.1) is 12.7 Å². The van der Waals surface area contributed by atoms with Crippen LogP contribution in [0.5, 0.6) is 0 Å². The summed E-state index contributed by atoms with van der Waals surface area (Å²) in [6.07, 6.45) is 6.61. The molecule has 3 nitrogen and oxygen atoms in total. The lowest BCUT2D eigenvalue weighted by Crippen LogP contribution is -2.39. The average Bonchev–Trinajstić information content (AvgIpc) is 2.27. The van der Waals surface area contributed by atoms with Gasteiger partial charge in [0.15, 0.2) is 0 Å². The second kappa shape index (κ2) is 4.80. The quantitative estimate of drug-likeness (QED) is 0.498. The predicted octanol–water partition coefficient (Wildman–Crippen LogP) is 1.22. The van der Waals surface area contributed by atoms with E-state index in [0.29, 0.717) is 6.54 Å². The minimum absolute atomic E-state index is 0.521. The van der Waals surface area contributed by atoms with Gasteiger partial charge < -0.3 is 9.94 Å². The Balaban J connectivity index is 2.32. The van der Waals surface area contributed by atoms with Crippen LogP contribution in [0, 0.1) is 0 Å². The topological polar surface area (TPSA) is 41.5 Å². The number of rotatable bonds is 3. The van der Waals surface area contributed by atoms with Crippen molar-refractivity contribution >= 4 is 0 Å². The molecule has 1 rings (SSSR count). The largest absolute Gasteiger partial charge is 0.388 e. The van der Waals surface area contributed by atoms with Gasteiger partial charge in [-0.3, -0.25) is 0 Å². The summed E-state index contributed by atoms with van der Waals surface area (Å²) >= 11 is 0. The summed E-state index contributed by atoms with van der Waals surface area (Å²) in [6.45, 7) is 0.559. The van der Waals surface area contributed by atoms with Gasteiger partial charge in [-0.1, -0.05) is 25.7 Å². The summed E-state index contributed by atoms with van der Waals surface area (Å²) in [6, 6.07) is 0. The molecule has 0 spiro atoms. The first-order valence-electron chi connectivity index (χ1n) is 4.75. The molecule has 0 aliphatic heterocycles. The molecule has 0 saturated heterocycles. The molecule has 0 aromatic rings. The van der Waals surface area contributed by atoms with Crippen molar-refractivity contribution in [2.24, 2.45) is 0 Å². The van der Waals surface area contributed by atoms with Gasteiger partial charge in [0.25, 0.3) is 0 Å². The third kappa shape index (κ3) is 3.09. The average molecular weight is 173 g/mol. The number of hydrogen-bond acceptors (Lipinski definition) is 3. The normalized spacial score (nSPS) is 23.5. The predicted molar refractivity (Wildman–Crippen MR) is 47.7 cm³/mol. The highest BCUT2D eigenvalue weighted by Gasteiger charge is 2.27. The van der Waals surface area contributed by atoms with Gasteiger partial charge in [0, 0.05) is 6.54 Å². The standard InChI is InChI=1S/C9H19NO2/c1-12-10-8-9(11)6-4-2-3-5-7-9/h10-11H,2-8H2,1H3. The molecule has 3 heteroatoms. The summed E-state index contributed by atoms with van der Waals surface area (Å²) in [4.78, 5) is 4.74. The van der Waals surface area contributed by atoms with E-state index in [2.05, 4.69) is 5.48 Å². The van der Waals surface area contributed by atoms with Crippen molar-refractivity contribution in [2.75, 3.05) is 13.7 Å². The zero-order valence-electron chi connectivity index (χ0n) is 7.81. The fourth-order valence-electron chi connectivity index (χ4n) is 1.77. The third-order valence-corrected chi connectivity index (χ3v) is 2.58. The van der Waals surface area contributed by atoms with Crippen LogP contribution in [0.4, 0.5) is 0 Å². The summed E-state index contributed by atoms with van der Waals surface area (Å²) in [7, 11) is 1.58. The Labute approximate surface area is 74.1 Å². The van der Waals surface area contributed by atoms with Crippen molar-refractivity contribution in [3.63, 3.8) is 0 Å². The van der Waals surface area contributed by atoms with E-state index in [-0.39, 0.29) is 0 Å². The smallest absolute Gasteiger partial charge is 0.0794 e. The number of nitrogens with one attached hydrogen (secondary N) is 1. The molecule has 0 bridgehead atoms. The Morgan fingerprint density at radius 1 is 1.25 bits per heavy atom. The summed E-state index contributed by atoms with van der Waals surface area (Å²) in [5, 5.41) is 10.0. The van der Waals surface area contributed by atoms with Gasteiger partial charge in [-0.05, 0) is 12.8 Å². The van der Waals surface area contributed by atoms with Gasteiger partial charge in [-0.15, -0.1) is 0 Å². The van der Waals surface area contributed by atoms with Crippen molar-refractivity contribution in [2.45, 2.75) is 44.1 Å². The highest BCUT2D eigenvalue weighted by atomic mass is 16.6. The zero-order valence-corrected chi connectivity index (χ0v) is 7.81. The molecule has 1 aliphatic carbocycles. The van der Waals surface area contributed by atoms with E-state index < -0.39 is 5.60 Å². The molecule has 12 heavy (non-hydrogen) atoms. The zero-order chi connectivity index (χ0) is 8.86. The van der Waals surface area contributed by atoms with E-state index in [4.69, 9.17) is 4.84 Å². The second-order valence-electron chi connectivity index (χ2n) is 3.66. The monoisotopic (exact) mass is 173 g/mol. The first-order valence-corrected chi connectivity index (χ1v) is 4.75. The molecule has 72 valence electrons. The molecule has 1 saturated carbocycles. The van der Waals surface area contributed by atoms with Crippen LogP contribution in [0.25, 0.3) is 0 Å². The van der Waals surface area contributed by atoms with Crippen molar-refractivity contribution < 1.29 is 9.94 Å². The van der Waals surface area contributed by atoms with E-state index in [9.17, 15) is 5.11 Å². The highest BCUT2D eigenvalue weighted by Crippen LogP contribution is 2.26. The highest BCUT2D eigenvalue weighted by molar-refractivity contribution is 4.81. The Morgan fingerprint density at radius 3 is 2.33 bits per heavy atom. The maximum Gasteiger partial charge on any atom is 0.0794 e. The number of hydrogen-bond donors (Lipinski definition) is 2. The SMILES string of the molecule is CONCC1(O)CCCCCC1. The van der Waals surface area contributed by atoms with Gasteiger partial charge in [-0.25, -0.2) is 5.48 Å². The molecule has 0 aromatic heterocycles. The van der Waals surface area contributed by atoms with Crippen LogP contribution in [0.2, 0.25) is 0 Å². The molecule has 0 unspecified atom stereocenters. The van der Waals surface area contributed by atoms with Crippen molar-refractivity contribution in [3.8, 4) is 0 Å². The first kappa shape index (κ1) is 9.96. The third-order valence-electron chi connectivity index (χ3n) is 2.58. The summed E-state index contributed by atoms with van der Waals surface area (Å²) in [5.74, 6) is 0. The van der Waals surface area contributed by atoms with Gasteiger partial charge in [0.1, 0.15) is 0 Å². The van der Waals surface area contributed by atoms with Crippen LogP contribution in [-0.2, 0) is 4.84 Å². The maximum atomic E-state index is 10.0. The van der Waals surface area contributed by atoms with E-state index in [1.165, 1.54) is 12.8 Å². The molecule has 2 N–H and O–H groups in total. The van der Waals surface area contributed by atoms with Crippen LogP contribution in [0.15, 0.2) is 0 Å². The van der Waals surface area contributed by atoms with E-state index in [0.717, 1.165) is 25.7 Å². The Kier molecular flexibility index (Phi) is 3.98. The lowest BCUT2D eigenvalue weighted by molar-refractivity contribution is -0.0236. The van der Waals surface area contributed by atoms with Crippen LogP contribution in [0.3, 0.4) is 0 Å². The Bertz CT molecular complexity index is 120. The minimum atomic E-state index is -0.521. The van der Waals surface area contributed by atoms with Gasteiger partial charge in [-0.2, -0.15) is 0 Å². The number of aliphatic hydroxyl groups is 1. The van der Waals surface area contributed by atoms with Crippen LogP contribution < -0.4 is 5.48 Å². The van der Waals surface area contributed by atoms with E-state index in [1.807, 2.05) is 0 Å². The van der Waals surface area contributed by atoms with E-state index in [1.54, 1.807) is 7.11 Å². The van der Waals surface area contributed by atoms with Crippen molar-refractivity contribution in [1.82, 2.24) is 5.48 Å². The van der Waals surface area contributed by atoms with Gasteiger partial charge in [0.2, 0.25) is 0 Å². The van der Waals surface area contributed by atoms with Crippen LogP contribution in [0.1, 0.15) is 38.5 Å². The maximum absolute atomic E-state index is 10.0. The molecule has 0 atom stereocenters. The fourth-order valence-corrected chi connectivity index (χ4v) is 1.77. The van der Waals surface area contributed by atoms with Crippen LogP contribution in [-0.4, -0.2) is 24.4 Å². The van der Waals surface area contributed by atoms with Gasteiger partial charge >= 0.3 is 0 Å². The minimum Gasteiger partial charge on any atom is -0.388 e.